The predicted molar refractivity (Wildman–Crippen MR) is 94.7 cm³/mol. The van der Waals surface area contributed by atoms with E-state index in [1.807, 2.05) is 18.2 Å². The van der Waals surface area contributed by atoms with Crippen LogP contribution in [0.2, 0.25) is 0 Å². The van der Waals surface area contributed by atoms with E-state index in [0.717, 1.165) is 28.9 Å². The molecule has 1 heterocycles. The molecule has 0 bridgehead atoms. The molecule has 3 nitrogen and oxygen atoms in total. The Labute approximate surface area is 140 Å². The van der Waals surface area contributed by atoms with E-state index in [-0.39, 0.29) is 6.17 Å². The van der Waals surface area contributed by atoms with Crippen LogP contribution in [0.5, 0.6) is 5.75 Å². The van der Waals surface area contributed by atoms with E-state index >= 15 is 0 Å². The molecule has 0 aromatic heterocycles. The second kappa shape index (κ2) is 6.71. The van der Waals surface area contributed by atoms with Gasteiger partial charge in [-0.25, -0.2) is 0 Å². The van der Waals surface area contributed by atoms with E-state index in [2.05, 4.69) is 56.9 Å². The van der Waals surface area contributed by atoms with E-state index in [0.29, 0.717) is 5.75 Å². The van der Waals surface area contributed by atoms with Gasteiger partial charge in [-0.2, -0.15) is 0 Å². The Balaban J connectivity index is 1.99. The van der Waals surface area contributed by atoms with Gasteiger partial charge < -0.3 is 10.0 Å². The van der Waals surface area contributed by atoms with E-state index in [4.69, 9.17) is 0 Å². The van der Waals surface area contributed by atoms with Crippen molar-refractivity contribution in [2.75, 3.05) is 18.0 Å². The first-order valence-corrected chi connectivity index (χ1v) is 8.52. The Morgan fingerprint density at radius 3 is 2.36 bits per heavy atom. The third-order valence-corrected chi connectivity index (χ3v) is 4.78. The predicted octanol–water partition coefficient (Wildman–Crippen LogP) is 4.73. The van der Waals surface area contributed by atoms with Gasteiger partial charge in [0.2, 0.25) is 0 Å². The highest BCUT2D eigenvalue weighted by atomic mass is 79.9. The summed E-state index contributed by atoms with van der Waals surface area (Å²) < 4.78 is 1.07. The van der Waals surface area contributed by atoms with Crippen LogP contribution in [0.4, 0.5) is 11.4 Å². The third-order valence-electron chi connectivity index (χ3n) is 4.26. The molecule has 1 aliphatic heterocycles. The first-order chi connectivity index (χ1) is 10.6. The SMILES string of the molecule is CC(N1CCCC1)N(c1ccc(Br)cc1)c1cccc(O)c1. The number of halogens is 1. The first-order valence-electron chi connectivity index (χ1n) is 7.73. The average Bonchev–Trinajstić information content (AvgIpc) is 3.04. The molecule has 1 saturated heterocycles. The van der Waals surface area contributed by atoms with Gasteiger partial charge in [-0.05, 0) is 56.2 Å². The number of hydrogen-bond donors (Lipinski definition) is 1. The number of rotatable bonds is 4. The highest BCUT2D eigenvalue weighted by molar-refractivity contribution is 9.10. The van der Waals surface area contributed by atoms with Crippen LogP contribution in [0.25, 0.3) is 0 Å². The molecule has 0 saturated carbocycles. The van der Waals surface area contributed by atoms with Crippen molar-refractivity contribution in [3.8, 4) is 5.75 Å². The number of phenolic OH excluding ortho intramolecular Hbond substituents is 1. The molecular formula is C18H21BrN2O. The molecule has 1 atom stereocenters. The summed E-state index contributed by atoms with van der Waals surface area (Å²) in [6.45, 7) is 4.50. The summed E-state index contributed by atoms with van der Waals surface area (Å²) in [5, 5.41) is 9.85. The lowest BCUT2D eigenvalue weighted by Gasteiger charge is -2.37. The maximum Gasteiger partial charge on any atom is 0.117 e. The van der Waals surface area contributed by atoms with Gasteiger partial charge in [-0.3, -0.25) is 4.90 Å². The number of aromatic hydroxyl groups is 1. The smallest absolute Gasteiger partial charge is 0.117 e. The van der Waals surface area contributed by atoms with Crippen LogP contribution in [-0.4, -0.2) is 29.3 Å². The fraction of sp³-hybridized carbons (Fsp3) is 0.333. The summed E-state index contributed by atoms with van der Waals surface area (Å²) in [4.78, 5) is 4.78. The van der Waals surface area contributed by atoms with Gasteiger partial charge >= 0.3 is 0 Å². The molecular weight excluding hydrogens is 340 g/mol. The van der Waals surface area contributed by atoms with Crippen molar-refractivity contribution in [1.29, 1.82) is 0 Å². The van der Waals surface area contributed by atoms with E-state index in [1.165, 1.54) is 12.8 Å². The fourth-order valence-corrected chi connectivity index (χ4v) is 3.37. The Bertz CT molecular complexity index is 623. The summed E-state index contributed by atoms with van der Waals surface area (Å²) in [6, 6.07) is 15.8. The minimum atomic E-state index is 0.255. The lowest BCUT2D eigenvalue weighted by Crippen LogP contribution is -2.42. The maximum atomic E-state index is 9.85. The standard InChI is InChI=1S/C18H21BrN2O/c1-14(20-11-2-3-12-20)21(16-9-7-15(19)8-10-16)17-5-4-6-18(22)13-17/h4-10,13-14,22H,2-3,11-12H2,1H3. The minimum Gasteiger partial charge on any atom is -0.508 e. The van der Waals surface area contributed by atoms with Crippen molar-refractivity contribution in [2.24, 2.45) is 0 Å². The zero-order chi connectivity index (χ0) is 15.5. The fourth-order valence-electron chi connectivity index (χ4n) is 3.10. The average molecular weight is 361 g/mol. The van der Waals surface area contributed by atoms with E-state index in [1.54, 1.807) is 6.07 Å². The molecule has 2 aromatic rings. The number of likely N-dealkylation sites (tertiary alicyclic amines) is 1. The van der Waals surface area contributed by atoms with Crippen molar-refractivity contribution in [3.05, 3.63) is 53.0 Å². The molecule has 1 fully saturated rings. The second-order valence-electron chi connectivity index (χ2n) is 5.74. The summed E-state index contributed by atoms with van der Waals surface area (Å²) in [6.07, 6.45) is 2.78. The Hall–Kier alpha value is -1.52. The molecule has 0 aliphatic carbocycles. The molecule has 0 amide bonds. The van der Waals surface area contributed by atoms with Crippen LogP contribution < -0.4 is 4.90 Å². The largest absolute Gasteiger partial charge is 0.508 e. The van der Waals surface area contributed by atoms with Crippen molar-refractivity contribution < 1.29 is 5.11 Å². The lowest BCUT2D eigenvalue weighted by atomic mass is 10.2. The molecule has 116 valence electrons. The molecule has 2 aromatic carbocycles. The summed E-state index contributed by atoms with van der Waals surface area (Å²) >= 11 is 3.50. The van der Waals surface area contributed by atoms with Gasteiger partial charge in [0.15, 0.2) is 0 Å². The van der Waals surface area contributed by atoms with Crippen molar-refractivity contribution in [2.45, 2.75) is 25.9 Å². The van der Waals surface area contributed by atoms with Gasteiger partial charge in [0.25, 0.3) is 0 Å². The number of hydrogen-bond acceptors (Lipinski definition) is 3. The summed E-state index contributed by atoms with van der Waals surface area (Å²) in [5.41, 5.74) is 2.15. The normalized spacial score (nSPS) is 16.6. The molecule has 1 unspecified atom stereocenters. The van der Waals surface area contributed by atoms with Crippen LogP contribution in [0, 0.1) is 0 Å². The quantitative estimate of drug-likeness (QED) is 0.853. The van der Waals surface area contributed by atoms with E-state index in [9.17, 15) is 5.11 Å². The number of anilines is 2. The highest BCUT2D eigenvalue weighted by Gasteiger charge is 2.25. The van der Waals surface area contributed by atoms with Crippen LogP contribution in [-0.2, 0) is 0 Å². The van der Waals surface area contributed by atoms with Gasteiger partial charge in [0.05, 0.1) is 6.17 Å². The summed E-state index contributed by atoms with van der Waals surface area (Å²) in [7, 11) is 0. The monoisotopic (exact) mass is 360 g/mol. The van der Waals surface area contributed by atoms with Gasteiger partial charge in [-0.15, -0.1) is 0 Å². The second-order valence-corrected chi connectivity index (χ2v) is 6.66. The molecule has 22 heavy (non-hydrogen) atoms. The molecule has 0 radical (unpaired) electrons. The highest BCUT2D eigenvalue weighted by Crippen LogP contribution is 2.32. The van der Waals surface area contributed by atoms with E-state index < -0.39 is 0 Å². The topological polar surface area (TPSA) is 26.7 Å². The number of phenols is 1. The number of benzene rings is 2. The lowest BCUT2D eigenvalue weighted by molar-refractivity contribution is 0.263. The van der Waals surface area contributed by atoms with Gasteiger partial charge in [-0.1, -0.05) is 22.0 Å². The Kier molecular flexibility index (Phi) is 4.69. The van der Waals surface area contributed by atoms with Gasteiger partial charge in [0, 0.05) is 35.0 Å². The zero-order valence-corrected chi connectivity index (χ0v) is 14.3. The van der Waals surface area contributed by atoms with Crippen LogP contribution in [0.3, 0.4) is 0 Å². The van der Waals surface area contributed by atoms with Crippen molar-refractivity contribution in [1.82, 2.24) is 4.90 Å². The molecule has 1 N–H and O–H groups in total. The van der Waals surface area contributed by atoms with Crippen LogP contribution >= 0.6 is 15.9 Å². The molecule has 3 rings (SSSR count). The minimum absolute atomic E-state index is 0.255. The van der Waals surface area contributed by atoms with Crippen molar-refractivity contribution in [3.63, 3.8) is 0 Å². The Morgan fingerprint density at radius 2 is 1.73 bits per heavy atom. The molecule has 0 spiro atoms. The van der Waals surface area contributed by atoms with Crippen LogP contribution in [0.15, 0.2) is 53.0 Å². The summed E-state index contributed by atoms with van der Waals surface area (Å²) in [5.74, 6) is 0.299. The van der Waals surface area contributed by atoms with Crippen LogP contribution in [0.1, 0.15) is 19.8 Å². The first kappa shape index (κ1) is 15.4. The number of nitrogens with zero attached hydrogens (tertiary/aromatic N) is 2. The maximum absolute atomic E-state index is 9.85. The molecule has 1 aliphatic rings. The zero-order valence-electron chi connectivity index (χ0n) is 12.7. The third kappa shape index (κ3) is 3.28. The Morgan fingerprint density at radius 1 is 1.05 bits per heavy atom. The molecule has 4 heteroatoms. The van der Waals surface area contributed by atoms with Gasteiger partial charge in [0.1, 0.15) is 5.75 Å². The van der Waals surface area contributed by atoms with Crippen molar-refractivity contribution >= 4 is 27.3 Å².